The van der Waals surface area contributed by atoms with Crippen molar-refractivity contribution in [3.05, 3.63) is 94.7 Å². The molecule has 8 heteroatoms. The van der Waals surface area contributed by atoms with Crippen LogP contribution < -0.4 is 10.5 Å². The van der Waals surface area contributed by atoms with E-state index in [1.165, 1.54) is 16.3 Å². The van der Waals surface area contributed by atoms with E-state index in [9.17, 15) is 9.59 Å². The molecule has 3 aromatic rings. The van der Waals surface area contributed by atoms with Gasteiger partial charge in [0.2, 0.25) is 0 Å². The average molecular weight is 447 g/mol. The molecule has 0 radical (unpaired) electrons. The molecule has 0 bridgehead atoms. The number of anilines is 1. The van der Waals surface area contributed by atoms with E-state index in [4.69, 9.17) is 9.90 Å². The second-order valence-electron chi connectivity index (χ2n) is 8.32. The number of rotatable bonds is 3. The Hall–Kier alpha value is -3.94. The van der Waals surface area contributed by atoms with Gasteiger partial charge in [-0.15, -0.1) is 0 Å². The molecule has 2 aliphatic heterocycles. The zero-order valence-electron chi connectivity index (χ0n) is 18.3. The first kappa shape index (κ1) is 22.3. The van der Waals surface area contributed by atoms with E-state index in [-0.39, 0.29) is 24.0 Å². The number of amides is 1. The number of hydrogen-bond acceptors (Lipinski definition) is 5. The minimum absolute atomic E-state index is 0.000375. The number of likely N-dealkylation sites (tertiary alicyclic amines) is 1. The van der Waals surface area contributed by atoms with Crippen LogP contribution in [0.1, 0.15) is 22.0 Å². The molecule has 0 saturated carbocycles. The fourth-order valence-corrected chi connectivity index (χ4v) is 4.94. The Balaban J connectivity index is 0.000000821. The van der Waals surface area contributed by atoms with E-state index in [0.29, 0.717) is 23.9 Å². The second-order valence-corrected chi connectivity index (χ2v) is 8.32. The predicted molar refractivity (Wildman–Crippen MR) is 124 cm³/mol. The van der Waals surface area contributed by atoms with Gasteiger partial charge < -0.3 is 19.5 Å². The van der Waals surface area contributed by atoms with Gasteiger partial charge in [0.05, 0.1) is 6.04 Å². The number of hydrogen-bond donors (Lipinski definition) is 1. The van der Waals surface area contributed by atoms with Crippen molar-refractivity contribution in [2.24, 2.45) is 18.9 Å². The second kappa shape index (κ2) is 9.68. The Morgan fingerprint density at radius 3 is 2.42 bits per heavy atom. The van der Waals surface area contributed by atoms with Crippen molar-refractivity contribution in [1.82, 2.24) is 14.5 Å². The summed E-state index contributed by atoms with van der Waals surface area (Å²) in [7, 11) is 1.69. The Labute approximate surface area is 191 Å². The van der Waals surface area contributed by atoms with E-state index in [1.807, 2.05) is 47.6 Å². The highest BCUT2D eigenvalue weighted by molar-refractivity contribution is 5.94. The van der Waals surface area contributed by atoms with E-state index < -0.39 is 0 Å². The molecule has 1 aromatic carbocycles. The normalized spacial score (nSPS) is 21.2. The number of carbonyl (C=O) groups excluding carboxylic acids is 1. The summed E-state index contributed by atoms with van der Waals surface area (Å²) in [4.78, 5) is 42.4. The Kier molecular flexibility index (Phi) is 6.53. The highest BCUT2D eigenvalue weighted by Crippen LogP contribution is 2.46. The third-order valence-electron chi connectivity index (χ3n) is 6.45. The molecule has 33 heavy (non-hydrogen) atoms. The molecule has 1 N–H and O–H groups in total. The topological polar surface area (TPSA) is 95.7 Å². The van der Waals surface area contributed by atoms with E-state index in [2.05, 4.69) is 22.0 Å². The third kappa shape index (κ3) is 4.50. The van der Waals surface area contributed by atoms with Crippen molar-refractivity contribution in [2.75, 3.05) is 24.5 Å². The van der Waals surface area contributed by atoms with Crippen molar-refractivity contribution in [3.63, 3.8) is 0 Å². The van der Waals surface area contributed by atoms with Crippen molar-refractivity contribution in [2.45, 2.75) is 6.04 Å². The standard InChI is InChI=1S/C24H24N4O2.CH2O2/c1-26-12-9-18(13-22(26)29)24(30)28-15-19-14-27(20-7-10-25-11-8-20)16-21(19)23(28)17-5-3-2-4-6-17;2-1-3/h2-13,19,21,23H,14-16H2,1H3;1H,(H,2,3)/t19-,21-,23-;/m0./s1. The molecule has 2 aliphatic rings. The minimum atomic E-state index is -0.250. The number of carboxylic acid groups (broad SMARTS) is 1. The Morgan fingerprint density at radius 2 is 1.76 bits per heavy atom. The quantitative estimate of drug-likeness (QED) is 0.621. The van der Waals surface area contributed by atoms with Crippen LogP contribution in [-0.2, 0) is 11.8 Å². The van der Waals surface area contributed by atoms with Crippen LogP contribution in [0.2, 0.25) is 0 Å². The highest BCUT2D eigenvalue weighted by atomic mass is 16.3. The largest absolute Gasteiger partial charge is 0.483 e. The van der Waals surface area contributed by atoms with Gasteiger partial charge in [-0.1, -0.05) is 30.3 Å². The molecule has 3 atom stereocenters. The molecule has 2 saturated heterocycles. The molecular formula is C25H26N4O4. The van der Waals surface area contributed by atoms with Crippen LogP contribution in [0.25, 0.3) is 0 Å². The number of aryl methyl sites for hydroxylation is 1. The van der Waals surface area contributed by atoms with E-state index in [1.54, 1.807) is 19.3 Å². The van der Waals surface area contributed by atoms with Crippen LogP contribution in [0.5, 0.6) is 0 Å². The zero-order chi connectivity index (χ0) is 23.4. The summed E-state index contributed by atoms with van der Waals surface area (Å²) in [6, 6.07) is 17.5. The molecule has 170 valence electrons. The van der Waals surface area contributed by atoms with Gasteiger partial charge in [-0.05, 0) is 23.8 Å². The smallest absolute Gasteiger partial charge is 0.290 e. The van der Waals surface area contributed by atoms with Crippen molar-refractivity contribution < 1.29 is 14.7 Å². The molecule has 2 aromatic heterocycles. The molecule has 5 rings (SSSR count). The van der Waals surface area contributed by atoms with Crippen LogP contribution in [0.15, 0.2) is 78.0 Å². The first-order valence-corrected chi connectivity index (χ1v) is 10.8. The first-order chi connectivity index (χ1) is 16.0. The number of nitrogens with zero attached hydrogens (tertiary/aromatic N) is 4. The fourth-order valence-electron chi connectivity index (χ4n) is 4.94. The summed E-state index contributed by atoms with van der Waals surface area (Å²) in [6.45, 7) is 2.26. The van der Waals surface area contributed by atoms with Crippen molar-refractivity contribution in [3.8, 4) is 0 Å². The fraction of sp³-hybridized carbons (Fsp3) is 0.280. The summed E-state index contributed by atoms with van der Waals surface area (Å²) in [5, 5.41) is 6.89. The maximum Gasteiger partial charge on any atom is 0.290 e. The van der Waals surface area contributed by atoms with Crippen LogP contribution in [0.4, 0.5) is 5.69 Å². The van der Waals surface area contributed by atoms with Gasteiger partial charge in [-0.25, -0.2) is 0 Å². The number of aromatic nitrogens is 2. The summed E-state index contributed by atoms with van der Waals surface area (Å²) < 4.78 is 1.48. The summed E-state index contributed by atoms with van der Waals surface area (Å²) in [6.07, 6.45) is 5.31. The van der Waals surface area contributed by atoms with Gasteiger partial charge in [0.1, 0.15) is 0 Å². The van der Waals surface area contributed by atoms with Gasteiger partial charge in [-0.2, -0.15) is 0 Å². The lowest BCUT2D eigenvalue weighted by atomic mass is 9.89. The zero-order valence-corrected chi connectivity index (χ0v) is 18.3. The van der Waals surface area contributed by atoms with Crippen molar-refractivity contribution in [1.29, 1.82) is 0 Å². The van der Waals surface area contributed by atoms with Crippen LogP contribution in [-0.4, -0.2) is 51.6 Å². The van der Waals surface area contributed by atoms with Crippen molar-refractivity contribution >= 4 is 18.1 Å². The number of pyridine rings is 2. The monoisotopic (exact) mass is 446 g/mol. The van der Waals surface area contributed by atoms with Gasteiger partial charge in [0.15, 0.2) is 0 Å². The molecule has 1 amide bonds. The molecule has 4 heterocycles. The van der Waals surface area contributed by atoms with Gasteiger partial charge in [-0.3, -0.25) is 19.4 Å². The lowest BCUT2D eigenvalue weighted by Gasteiger charge is -2.30. The third-order valence-corrected chi connectivity index (χ3v) is 6.45. The Morgan fingerprint density at radius 1 is 1.06 bits per heavy atom. The molecule has 0 unspecified atom stereocenters. The lowest BCUT2D eigenvalue weighted by molar-refractivity contribution is -0.122. The maximum atomic E-state index is 13.4. The average Bonchev–Trinajstić information content (AvgIpc) is 3.40. The SMILES string of the molecule is Cn1ccc(C(=O)N2C[C@@H]3CN(c4ccncc4)C[C@@H]3[C@@H]2c2ccccc2)cc1=O.O=CO. The summed E-state index contributed by atoms with van der Waals surface area (Å²) in [5.41, 5.74) is 2.62. The molecule has 2 fully saturated rings. The molecular weight excluding hydrogens is 420 g/mol. The summed E-state index contributed by atoms with van der Waals surface area (Å²) in [5.74, 6) is 0.668. The number of benzene rings is 1. The predicted octanol–water partition coefficient (Wildman–Crippen LogP) is 2.43. The Bertz CT molecular complexity index is 1170. The number of fused-ring (bicyclic) bond motifs is 1. The van der Waals surface area contributed by atoms with Gasteiger partial charge in [0.25, 0.3) is 17.9 Å². The summed E-state index contributed by atoms with van der Waals surface area (Å²) >= 11 is 0. The molecule has 8 nitrogen and oxygen atoms in total. The first-order valence-electron chi connectivity index (χ1n) is 10.8. The van der Waals surface area contributed by atoms with Crippen LogP contribution in [0.3, 0.4) is 0 Å². The number of carbonyl (C=O) groups is 2. The van der Waals surface area contributed by atoms with Crippen LogP contribution >= 0.6 is 0 Å². The molecule has 0 aliphatic carbocycles. The van der Waals surface area contributed by atoms with Gasteiger partial charge >= 0.3 is 0 Å². The highest BCUT2D eigenvalue weighted by Gasteiger charge is 2.49. The van der Waals surface area contributed by atoms with E-state index >= 15 is 0 Å². The molecule has 0 spiro atoms. The van der Waals surface area contributed by atoms with Gasteiger partial charge in [0, 0.05) is 74.4 Å². The van der Waals surface area contributed by atoms with Crippen LogP contribution in [0, 0.1) is 11.8 Å². The minimum Gasteiger partial charge on any atom is -0.483 e. The van der Waals surface area contributed by atoms with E-state index in [0.717, 1.165) is 18.7 Å². The lowest BCUT2D eigenvalue weighted by Crippen LogP contribution is -2.36. The maximum absolute atomic E-state index is 13.4.